The highest BCUT2D eigenvalue weighted by Crippen LogP contribution is 2.47. The first-order chi connectivity index (χ1) is 27.3. The van der Waals surface area contributed by atoms with Gasteiger partial charge in [0.05, 0.1) is 0 Å². The van der Waals surface area contributed by atoms with Gasteiger partial charge >= 0.3 is 0 Å². The highest BCUT2D eigenvalue weighted by Gasteiger charge is 2.20. The Labute approximate surface area is 319 Å². The van der Waals surface area contributed by atoms with E-state index in [1.807, 2.05) is 6.07 Å². The van der Waals surface area contributed by atoms with Crippen LogP contribution >= 0.6 is 0 Å². The largest absolute Gasteiger partial charge is 0.455 e. The van der Waals surface area contributed by atoms with Crippen LogP contribution in [-0.2, 0) is 0 Å². The van der Waals surface area contributed by atoms with E-state index in [1.54, 1.807) is 0 Å². The molecule has 0 amide bonds. The van der Waals surface area contributed by atoms with Crippen molar-refractivity contribution >= 4 is 54.3 Å². The van der Waals surface area contributed by atoms with Crippen LogP contribution in [0.25, 0.3) is 110 Å². The van der Waals surface area contributed by atoms with Crippen LogP contribution in [0, 0.1) is 0 Å². The summed E-state index contributed by atoms with van der Waals surface area (Å²) in [5.74, 6) is 0. The predicted molar refractivity (Wildman–Crippen MR) is 233 cm³/mol. The maximum absolute atomic E-state index is 6.65. The van der Waals surface area contributed by atoms with Gasteiger partial charge in [0, 0.05) is 16.3 Å². The molecule has 0 saturated carbocycles. The van der Waals surface area contributed by atoms with Crippen molar-refractivity contribution in [3.05, 3.63) is 206 Å². The summed E-state index contributed by atoms with van der Waals surface area (Å²) in [6.45, 7) is 0. The molecule has 10 aromatic carbocycles. The quantitative estimate of drug-likeness (QED) is 0.163. The molecule has 0 fully saturated rings. The molecule has 0 aliphatic rings. The number of para-hydroxylation sites is 1. The zero-order chi connectivity index (χ0) is 36.3. The van der Waals surface area contributed by atoms with Crippen LogP contribution in [-0.4, -0.2) is 0 Å². The highest BCUT2D eigenvalue weighted by molar-refractivity contribution is 6.24. The van der Waals surface area contributed by atoms with Crippen LogP contribution in [0.5, 0.6) is 0 Å². The molecule has 0 aliphatic carbocycles. The van der Waals surface area contributed by atoms with Crippen LogP contribution in [0.15, 0.2) is 211 Å². The third-order valence-corrected chi connectivity index (χ3v) is 11.2. The average Bonchev–Trinajstić information content (AvgIpc) is 3.66. The molecule has 0 spiro atoms. The number of benzene rings is 10. The van der Waals surface area contributed by atoms with Crippen molar-refractivity contribution in [1.29, 1.82) is 0 Å². The molecule has 1 heterocycles. The van der Waals surface area contributed by atoms with E-state index >= 15 is 0 Å². The smallest absolute Gasteiger partial charge is 0.143 e. The molecule has 0 radical (unpaired) electrons. The number of hydrogen-bond acceptors (Lipinski definition) is 1. The molecule has 0 N–H and O–H groups in total. The third-order valence-electron chi connectivity index (χ3n) is 11.2. The maximum Gasteiger partial charge on any atom is 0.143 e. The minimum Gasteiger partial charge on any atom is -0.455 e. The summed E-state index contributed by atoms with van der Waals surface area (Å²) < 4.78 is 6.65. The first kappa shape index (κ1) is 31.3. The van der Waals surface area contributed by atoms with Gasteiger partial charge in [-0.3, -0.25) is 0 Å². The lowest BCUT2D eigenvalue weighted by Crippen LogP contribution is -1.92. The van der Waals surface area contributed by atoms with Gasteiger partial charge in [-0.25, -0.2) is 0 Å². The molecular weight excluding hydrogens is 665 g/mol. The summed E-state index contributed by atoms with van der Waals surface area (Å²) in [6.07, 6.45) is 0. The fraction of sp³-hybridized carbons (Fsp3) is 0. The molecule has 11 aromatic rings. The summed E-state index contributed by atoms with van der Waals surface area (Å²) in [5, 5.41) is 9.69. The Bertz CT molecular complexity index is 3230. The third kappa shape index (κ3) is 5.16. The molecule has 55 heavy (non-hydrogen) atoms. The lowest BCUT2D eigenvalue weighted by atomic mass is 9.84. The van der Waals surface area contributed by atoms with Gasteiger partial charge in [0.1, 0.15) is 11.2 Å². The molecule has 0 atom stereocenters. The predicted octanol–water partition coefficient (Wildman–Crippen LogP) is 15.4. The Morgan fingerprint density at radius 1 is 0.273 bits per heavy atom. The minimum atomic E-state index is 0.909. The molecule has 1 aromatic heterocycles. The normalized spacial score (nSPS) is 11.6. The van der Waals surface area contributed by atoms with E-state index < -0.39 is 0 Å². The summed E-state index contributed by atoms with van der Waals surface area (Å²) >= 11 is 0. The number of rotatable bonds is 5. The monoisotopic (exact) mass is 698 g/mol. The molecule has 0 unspecified atom stereocenters. The Kier molecular flexibility index (Phi) is 7.25. The van der Waals surface area contributed by atoms with Crippen LogP contribution < -0.4 is 0 Å². The first-order valence-corrected chi connectivity index (χ1v) is 18.9. The first-order valence-electron chi connectivity index (χ1n) is 18.9. The second kappa shape index (κ2) is 12.7. The Morgan fingerprint density at radius 3 is 1.42 bits per heavy atom. The van der Waals surface area contributed by atoms with E-state index in [0.717, 1.165) is 33.2 Å². The minimum absolute atomic E-state index is 0.909. The van der Waals surface area contributed by atoms with E-state index in [-0.39, 0.29) is 0 Å². The summed E-state index contributed by atoms with van der Waals surface area (Å²) in [7, 11) is 0. The van der Waals surface area contributed by atoms with Gasteiger partial charge in [-0.05, 0) is 113 Å². The van der Waals surface area contributed by atoms with Crippen LogP contribution in [0.1, 0.15) is 0 Å². The number of furan rings is 1. The lowest BCUT2D eigenvalue weighted by molar-refractivity contribution is 0.670. The Morgan fingerprint density at radius 2 is 0.764 bits per heavy atom. The fourth-order valence-corrected chi connectivity index (χ4v) is 8.70. The van der Waals surface area contributed by atoms with Crippen molar-refractivity contribution in [3.63, 3.8) is 0 Å². The maximum atomic E-state index is 6.65. The summed E-state index contributed by atoms with van der Waals surface area (Å²) in [6, 6.07) is 74.7. The molecule has 256 valence electrons. The van der Waals surface area contributed by atoms with E-state index in [0.29, 0.717) is 0 Å². The van der Waals surface area contributed by atoms with Crippen molar-refractivity contribution in [2.45, 2.75) is 0 Å². The van der Waals surface area contributed by atoms with Crippen molar-refractivity contribution in [3.8, 4) is 55.6 Å². The van der Waals surface area contributed by atoms with Gasteiger partial charge in [0.15, 0.2) is 0 Å². The lowest BCUT2D eigenvalue weighted by Gasteiger charge is -2.20. The van der Waals surface area contributed by atoms with Crippen molar-refractivity contribution in [1.82, 2.24) is 0 Å². The van der Waals surface area contributed by atoms with Gasteiger partial charge in [-0.15, -0.1) is 0 Å². The fourth-order valence-electron chi connectivity index (χ4n) is 8.70. The van der Waals surface area contributed by atoms with E-state index in [4.69, 9.17) is 4.42 Å². The van der Waals surface area contributed by atoms with E-state index in [2.05, 4.69) is 200 Å². The van der Waals surface area contributed by atoms with Crippen molar-refractivity contribution < 1.29 is 4.42 Å². The molecule has 0 saturated heterocycles. The van der Waals surface area contributed by atoms with Crippen LogP contribution in [0.3, 0.4) is 0 Å². The second-order valence-electron chi connectivity index (χ2n) is 14.4. The standard InChI is InChI=1S/C54H34O/c1-4-15-35(16-5-1)39-27-29-44-48(32-39)51(36-17-6-2-7-18-36)45-30-28-40(33-49(45)52(44)37-19-8-3-9-20-37)38-22-14-23-41(31-38)47-34-42-21-10-11-24-43(42)53-46-25-12-13-26-50(46)55-54(47)53/h1-34H. The Hall–Kier alpha value is -7.22. The average molecular weight is 699 g/mol. The van der Waals surface area contributed by atoms with Crippen LogP contribution in [0.4, 0.5) is 0 Å². The molecule has 1 nitrogen and oxygen atoms in total. The molecule has 11 rings (SSSR count). The zero-order valence-corrected chi connectivity index (χ0v) is 30.0. The second-order valence-corrected chi connectivity index (χ2v) is 14.4. The molecule has 1 heteroatoms. The molecule has 0 aliphatic heterocycles. The van der Waals surface area contributed by atoms with Gasteiger partial charge in [-0.2, -0.15) is 0 Å². The molecule has 0 bridgehead atoms. The summed E-state index contributed by atoms with van der Waals surface area (Å²) in [5.41, 5.74) is 13.8. The van der Waals surface area contributed by atoms with Crippen molar-refractivity contribution in [2.24, 2.45) is 0 Å². The van der Waals surface area contributed by atoms with Gasteiger partial charge in [0.25, 0.3) is 0 Å². The van der Waals surface area contributed by atoms with E-state index in [1.165, 1.54) is 76.6 Å². The van der Waals surface area contributed by atoms with Crippen LogP contribution in [0.2, 0.25) is 0 Å². The topological polar surface area (TPSA) is 13.1 Å². The number of fused-ring (bicyclic) bond motifs is 7. The number of hydrogen-bond donors (Lipinski definition) is 0. The molecular formula is C54H34O. The van der Waals surface area contributed by atoms with E-state index in [9.17, 15) is 0 Å². The summed E-state index contributed by atoms with van der Waals surface area (Å²) in [4.78, 5) is 0. The Balaban J connectivity index is 1.17. The van der Waals surface area contributed by atoms with Crippen molar-refractivity contribution in [2.75, 3.05) is 0 Å². The highest BCUT2D eigenvalue weighted by atomic mass is 16.3. The van der Waals surface area contributed by atoms with Gasteiger partial charge in [0.2, 0.25) is 0 Å². The zero-order valence-electron chi connectivity index (χ0n) is 30.0. The van der Waals surface area contributed by atoms with Gasteiger partial charge < -0.3 is 4.42 Å². The SMILES string of the molecule is c1ccc(-c2ccc3c(-c4ccccc4)c4cc(-c5cccc(-c6cc7ccccc7c7c6oc6ccccc67)c5)ccc4c(-c4ccccc4)c3c2)cc1. The van der Waals surface area contributed by atoms with Gasteiger partial charge in [-0.1, -0.05) is 176 Å².